The Morgan fingerprint density at radius 1 is 1.08 bits per heavy atom. The number of aliphatic hydroxyl groups excluding tert-OH is 1. The number of fused-ring (bicyclic) bond motifs is 2. The van der Waals surface area contributed by atoms with Gasteiger partial charge in [-0.3, -0.25) is 23.8 Å². The molecule has 38 heavy (non-hydrogen) atoms. The van der Waals surface area contributed by atoms with Gasteiger partial charge in [0.15, 0.2) is 11.5 Å². The summed E-state index contributed by atoms with van der Waals surface area (Å²) in [6, 6.07) is 11.0. The number of thiocarbonyl (C=S) groups is 1. The third-order valence-corrected chi connectivity index (χ3v) is 8.14. The number of pyridine rings is 1. The Balaban J connectivity index is 1.33. The number of thioether (sulfide) groups is 1. The van der Waals surface area contributed by atoms with Gasteiger partial charge in [0.05, 0.1) is 23.6 Å². The first kappa shape index (κ1) is 24.9. The van der Waals surface area contributed by atoms with Crippen LogP contribution in [0.3, 0.4) is 0 Å². The van der Waals surface area contributed by atoms with Crippen molar-refractivity contribution in [2.24, 2.45) is 0 Å². The fourth-order valence-electron chi connectivity index (χ4n) is 4.77. The number of nitrogens with zero attached hydrogens (tertiary/aromatic N) is 5. The van der Waals surface area contributed by atoms with Crippen LogP contribution < -0.4 is 19.9 Å². The van der Waals surface area contributed by atoms with Gasteiger partial charge < -0.3 is 19.5 Å². The van der Waals surface area contributed by atoms with E-state index in [2.05, 4.69) is 9.80 Å². The number of rotatable bonds is 6. The van der Waals surface area contributed by atoms with E-state index in [1.807, 2.05) is 24.3 Å². The summed E-state index contributed by atoms with van der Waals surface area (Å²) in [7, 11) is 0. The Morgan fingerprint density at radius 3 is 2.71 bits per heavy atom. The number of β-amino-alcohol motifs (C(OH)–C–C–N with tert-alkyl or cyclic N) is 1. The number of aromatic nitrogens is 2. The highest BCUT2D eigenvalue weighted by Gasteiger charge is 2.33. The minimum Gasteiger partial charge on any atom is -0.454 e. The predicted octanol–water partition coefficient (Wildman–Crippen LogP) is 1.94. The number of hydrogen-bond donors (Lipinski definition) is 1. The first-order valence-corrected chi connectivity index (χ1v) is 13.5. The monoisotopic (exact) mass is 551 g/mol. The van der Waals surface area contributed by atoms with Crippen molar-refractivity contribution in [1.29, 1.82) is 0 Å². The first-order valence-electron chi connectivity index (χ1n) is 12.3. The molecule has 0 spiro atoms. The van der Waals surface area contributed by atoms with Crippen LogP contribution >= 0.6 is 24.0 Å². The average Bonchev–Trinajstić information content (AvgIpc) is 3.50. The summed E-state index contributed by atoms with van der Waals surface area (Å²) in [5, 5.41) is 9.28. The molecule has 1 N–H and O–H groups in total. The fourth-order valence-corrected chi connectivity index (χ4v) is 6.01. The highest BCUT2D eigenvalue weighted by atomic mass is 32.2. The molecule has 0 radical (unpaired) electrons. The van der Waals surface area contributed by atoms with Gasteiger partial charge in [-0.2, -0.15) is 0 Å². The summed E-state index contributed by atoms with van der Waals surface area (Å²) in [5.74, 6) is 1.61. The number of piperazine rings is 1. The zero-order valence-corrected chi connectivity index (χ0v) is 22.0. The minimum absolute atomic E-state index is 0.106. The third kappa shape index (κ3) is 4.64. The van der Waals surface area contributed by atoms with Crippen molar-refractivity contribution in [3.05, 3.63) is 69.0 Å². The van der Waals surface area contributed by atoms with Crippen LogP contribution in [-0.4, -0.2) is 80.6 Å². The molecule has 0 bridgehead atoms. The fraction of sp³-hybridized carbons (Fsp3) is 0.308. The number of ether oxygens (including phenoxy) is 2. The summed E-state index contributed by atoms with van der Waals surface area (Å²) < 4.78 is 12.7. The van der Waals surface area contributed by atoms with Crippen LogP contribution in [-0.2, 0) is 11.3 Å². The number of anilines is 1. The molecular weight excluding hydrogens is 526 g/mol. The van der Waals surface area contributed by atoms with Gasteiger partial charge in [-0.15, -0.1) is 0 Å². The van der Waals surface area contributed by atoms with Crippen LogP contribution in [0, 0.1) is 0 Å². The van der Waals surface area contributed by atoms with Crippen LogP contribution in [0.25, 0.3) is 11.7 Å². The van der Waals surface area contributed by atoms with Crippen LogP contribution in [0.4, 0.5) is 5.82 Å². The molecule has 1 aromatic carbocycles. The molecule has 2 saturated heterocycles. The van der Waals surface area contributed by atoms with Crippen molar-refractivity contribution >= 4 is 51.7 Å². The second kappa shape index (κ2) is 10.4. The zero-order valence-electron chi connectivity index (χ0n) is 20.4. The van der Waals surface area contributed by atoms with Crippen LogP contribution in [0.15, 0.2) is 52.3 Å². The van der Waals surface area contributed by atoms with E-state index in [9.17, 15) is 14.7 Å². The topological polar surface area (TPSA) is 99.9 Å². The average molecular weight is 552 g/mol. The lowest BCUT2D eigenvalue weighted by Crippen LogP contribution is -2.48. The standard InChI is InChI=1S/C26H25N5O5S2/c32-12-11-28-7-9-29(10-8-28)23-18(24(33)30-6-2-1-3-22(30)27-23)14-21-25(34)31(26(37)38-21)15-17-4-5-19-20(13-17)36-16-35-19/h1-6,13-14,32H,7-12,15-16H2. The van der Waals surface area contributed by atoms with Gasteiger partial charge >= 0.3 is 0 Å². The summed E-state index contributed by atoms with van der Waals surface area (Å²) in [4.78, 5) is 38.1. The van der Waals surface area contributed by atoms with E-state index in [1.54, 1.807) is 24.4 Å². The second-order valence-electron chi connectivity index (χ2n) is 9.09. The number of carbonyl (C=O) groups is 1. The maximum absolute atomic E-state index is 13.6. The molecule has 12 heteroatoms. The van der Waals surface area contributed by atoms with Gasteiger partial charge in [0.25, 0.3) is 11.5 Å². The molecule has 1 amide bonds. The van der Waals surface area contributed by atoms with E-state index < -0.39 is 0 Å². The van der Waals surface area contributed by atoms with E-state index in [0.29, 0.717) is 57.4 Å². The van der Waals surface area contributed by atoms with Crippen LogP contribution in [0.1, 0.15) is 11.1 Å². The van der Waals surface area contributed by atoms with Crippen molar-refractivity contribution in [3.63, 3.8) is 0 Å². The Bertz CT molecular complexity index is 1520. The largest absolute Gasteiger partial charge is 0.454 e. The molecule has 10 nitrogen and oxygen atoms in total. The highest BCUT2D eigenvalue weighted by Crippen LogP contribution is 2.37. The molecule has 0 unspecified atom stereocenters. The SMILES string of the molecule is O=C1C(=Cc2c(N3CCN(CCO)CC3)nc3ccccn3c2=O)SC(=S)N1Cc1ccc2c(c1)OCO2. The molecule has 0 saturated carbocycles. The lowest BCUT2D eigenvalue weighted by atomic mass is 10.2. The maximum atomic E-state index is 13.6. The number of amides is 1. The summed E-state index contributed by atoms with van der Waals surface area (Å²) in [5.41, 5.74) is 1.51. The van der Waals surface area contributed by atoms with Gasteiger partial charge in [-0.05, 0) is 35.9 Å². The van der Waals surface area contributed by atoms with E-state index >= 15 is 0 Å². The smallest absolute Gasteiger partial charge is 0.267 e. The number of benzene rings is 1. The molecular formula is C26H25N5O5S2. The van der Waals surface area contributed by atoms with E-state index in [1.165, 1.54) is 21.1 Å². The van der Waals surface area contributed by atoms with Gasteiger partial charge in [0, 0.05) is 38.9 Å². The van der Waals surface area contributed by atoms with Crippen molar-refractivity contribution in [1.82, 2.24) is 19.2 Å². The predicted molar refractivity (Wildman–Crippen MR) is 148 cm³/mol. The maximum Gasteiger partial charge on any atom is 0.267 e. The highest BCUT2D eigenvalue weighted by molar-refractivity contribution is 8.26. The molecule has 2 aromatic heterocycles. The van der Waals surface area contributed by atoms with Gasteiger partial charge in [-0.25, -0.2) is 4.98 Å². The van der Waals surface area contributed by atoms with E-state index in [-0.39, 0.29) is 31.4 Å². The van der Waals surface area contributed by atoms with Crippen molar-refractivity contribution in [2.45, 2.75) is 6.54 Å². The van der Waals surface area contributed by atoms with Crippen LogP contribution in [0.2, 0.25) is 0 Å². The van der Waals surface area contributed by atoms with Crippen molar-refractivity contribution < 1.29 is 19.4 Å². The summed E-state index contributed by atoms with van der Waals surface area (Å²) in [6.07, 6.45) is 3.30. The zero-order chi connectivity index (χ0) is 26.2. The van der Waals surface area contributed by atoms with E-state index in [4.69, 9.17) is 26.7 Å². The first-order chi connectivity index (χ1) is 18.5. The Hall–Kier alpha value is -3.45. The second-order valence-corrected chi connectivity index (χ2v) is 10.8. The molecule has 0 atom stereocenters. The number of hydrogen-bond acceptors (Lipinski definition) is 10. The Kier molecular flexibility index (Phi) is 6.78. The Labute approximate surface area is 228 Å². The lowest BCUT2D eigenvalue weighted by Gasteiger charge is -2.35. The molecule has 0 aliphatic carbocycles. The van der Waals surface area contributed by atoms with Crippen LogP contribution in [0.5, 0.6) is 11.5 Å². The molecule has 196 valence electrons. The molecule has 3 aromatic rings. The number of aliphatic hydroxyl groups is 1. The molecule has 3 aliphatic rings. The lowest BCUT2D eigenvalue weighted by molar-refractivity contribution is -0.122. The molecule has 2 fully saturated rings. The summed E-state index contributed by atoms with van der Waals surface area (Å²) in [6.45, 7) is 3.98. The van der Waals surface area contributed by atoms with Crippen molar-refractivity contribution in [3.8, 4) is 11.5 Å². The minimum atomic E-state index is -0.256. The van der Waals surface area contributed by atoms with Gasteiger partial charge in [0.1, 0.15) is 15.8 Å². The Morgan fingerprint density at radius 2 is 1.89 bits per heavy atom. The molecule has 5 heterocycles. The van der Waals surface area contributed by atoms with Gasteiger partial charge in [0.2, 0.25) is 6.79 Å². The molecule has 3 aliphatic heterocycles. The normalized spacial score (nSPS) is 18.8. The third-order valence-electron chi connectivity index (χ3n) is 6.76. The van der Waals surface area contributed by atoms with Gasteiger partial charge in [-0.1, -0.05) is 36.1 Å². The number of carbonyl (C=O) groups excluding carboxylic acids is 1. The quantitative estimate of drug-likeness (QED) is 0.361. The van der Waals surface area contributed by atoms with E-state index in [0.717, 1.165) is 18.7 Å². The summed E-state index contributed by atoms with van der Waals surface area (Å²) >= 11 is 6.73. The molecule has 6 rings (SSSR count). The van der Waals surface area contributed by atoms with Crippen molar-refractivity contribution in [2.75, 3.05) is 51.0 Å².